The number of rotatable bonds is 5. The van der Waals surface area contributed by atoms with Gasteiger partial charge >= 0.3 is 0 Å². The summed E-state index contributed by atoms with van der Waals surface area (Å²) in [5.74, 6) is 0.940. The summed E-state index contributed by atoms with van der Waals surface area (Å²) in [4.78, 5) is 0.0713. The van der Waals surface area contributed by atoms with E-state index in [0.717, 1.165) is 12.3 Å². The Morgan fingerprint density at radius 3 is 2.81 bits per heavy atom. The molecule has 16 heavy (non-hydrogen) atoms. The zero-order chi connectivity index (χ0) is 11.5. The summed E-state index contributed by atoms with van der Waals surface area (Å²) < 4.78 is 18.9. The van der Waals surface area contributed by atoms with Crippen molar-refractivity contribution >= 4 is 17.2 Å². The van der Waals surface area contributed by atoms with E-state index in [2.05, 4.69) is 0 Å². The van der Waals surface area contributed by atoms with E-state index in [-0.39, 0.29) is 10.6 Å². The van der Waals surface area contributed by atoms with Gasteiger partial charge < -0.3 is 10.5 Å². The lowest BCUT2D eigenvalue weighted by Gasteiger charge is -2.07. The third-order valence-electron chi connectivity index (χ3n) is 2.70. The van der Waals surface area contributed by atoms with Crippen molar-refractivity contribution in [1.82, 2.24) is 0 Å². The Hall–Kier alpha value is -1.16. The maximum Gasteiger partial charge on any atom is 0.137 e. The molecular weight excluding hydrogens is 225 g/mol. The Morgan fingerprint density at radius 2 is 2.25 bits per heavy atom. The minimum atomic E-state index is -0.420. The first-order valence-electron chi connectivity index (χ1n) is 5.39. The molecule has 0 saturated heterocycles. The lowest BCUT2D eigenvalue weighted by molar-refractivity contribution is 0.301. The minimum absolute atomic E-state index is 0.0713. The van der Waals surface area contributed by atoms with E-state index in [1.54, 1.807) is 12.1 Å². The molecule has 0 atom stereocenters. The third-order valence-corrected chi connectivity index (χ3v) is 2.92. The van der Waals surface area contributed by atoms with E-state index in [0.29, 0.717) is 12.4 Å². The highest BCUT2D eigenvalue weighted by molar-refractivity contribution is 7.80. The fraction of sp³-hybridized carbons (Fsp3) is 0.417. The second-order valence-corrected chi connectivity index (χ2v) is 4.53. The summed E-state index contributed by atoms with van der Waals surface area (Å²) in [5.41, 5.74) is 5.63. The lowest BCUT2D eigenvalue weighted by atomic mass is 10.2. The number of halogens is 1. The first-order valence-corrected chi connectivity index (χ1v) is 5.80. The Kier molecular flexibility index (Phi) is 3.39. The van der Waals surface area contributed by atoms with Gasteiger partial charge in [0.15, 0.2) is 0 Å². The van der Waals surface area contributed by atoms with Crippen LogP contribution in [-0.4, -0.2) is 11.6 Å². The smallest absolute Gasteiger partial charge is 0.137 e. The van der Waals surface area contributed by atoms with E-state index in [1.165, 1.54) is 18.9 Å². The summed E-state index contributed by atoms with van der Waals surface area (Å²) in [6.45, 7) is 0.649. The van der Waals surface area contributed by atoms with E-state index in [4.69, 9.17) is 22.7 Å². The molecule has 1 aliphatic carbocycles. The number of benzene rings is 1. The maximum absolute atomic E-state index is 13.5. The summed E-state index contributed by atoms with van der Waals surface area (Å²) >= 11 is 4.72. The van der Waals surface area contributed by atoms with Crippen LogP contribution in [0.25, 0.3) is 0 Å². The molecule has 0 radical (unpaired) electrons. The summed E-state index contributed by atoms with van der Waals surface area (Å²) in [5, 5.41) is 0. The second-order valence-electron chi connectivity index (χ2n) is 4.09. The first-order chi connectivity index (χ1) is 7.66. The molecule has 1 aromatic rings. The van der Waals surface area contributed by atoms with Gasteiger partial charge in [-0.05, 0) is 24.5 Å². The number of hydrogen-bond acceptors (Lipinski definition) is 2. The largest absolute Gasteiger partial charge is 0.493 e. The molecule has 0 amide bonds. The molecule has 0 unspecified atom stereocenters. The molecule has 2 rings (SSSR count). The molecule has 0 aliphatic heterocycles. The van der Waals surface area contributed by atoms with Crippen molar-refractivity contribution in [3.63, 3.8) is 0 Å². The highest BCUT2D eigenvalue weighted by atomic mass is 32.1. The standard InChI is InChI=1S/C12H14FNOS/c13-11-7-9(3-4-10(11)12(14)16)15-6-5-8-1-2-8/h3-4,7-8H,1-2,5-6H2,(H2,14,16). The van der Waals surface area contributed by atoms with Crippen LogP contribution < -0.4 is 10.5 Å². The van der Waals surface area contributed by atoms with Crippen molar-refractivity contribution in [2.45, 2.75) is 19.3 Å². The van der Waals surface area contributed by atoms with Gasteiger partial charge in [-0.1, -0.05) is 25.1 Å². The SMILES string of the molecule is NC(=S)c1ccc(OCCC2CC2)cc1F. The van der Waals surface area contributed by atoms with Crippen LogP contribution in [0.15, 0.2) is 18.2 Å². The monoisotopic (exact) mass is 239 g/mol. The highest BCUT2D eigenvalue weighted by Crippen LogP contribution is 2.32. The fourth-order valence-corrected chi connectivity index (χ4v) is 1.70. The van der Waals surface area contributed by atoms with Crippen molar-refractivity contribution in [3.05, 3.63) is 29.6 Å². The zero-order valence-electron chi connectivity index (χ0n) is 8.91. The maximum atomic E-state index is 13.5. The molecule has 0 bridgehead atoms. The molecular formula is C12H14FNOS. The summed E-state index contributed by atoms with van der Waals surface area (Å²) in [7, 11) is 0. The summed E-state index contributed by atoms with van der Waals surface area (Å²) in [6.07, 6.45) is 3.66. The molecule has 2 nitrogen and oxygen atoms in total. The highest BCUT2D eigenvalue weighted by Gasteiger charge is 2.20. The van der Waals surface area contributed by atoms with Crippen molar-refractivity contribution in [1.29, 1.82) is 0 Å². The molecule has 86 valence electrons. The van der Waals surface area contributed by atoms with E-state index in [9.17, 15) is 4.39 Å². The van der Waals surface area contributed by atoms with Crippen molar-refractivity contribution < 1.29 is 9.13 Å². The zero-order valence-corrected chi connectivity index (χ0v) is 9.73. The normalized spacial score (nSPS) is 14.8. The number of ether oxygens (including phenoxy) is 1. The van der Waals surface area contributed by atoms with Crippen LogP contribution >= 0.6 is 12.2 Å². The van der Waals surface area contributed by atoms with E-state index >= 15 is 0 Å². The van der Waals surface area contributed by atoms with Crippen molar-refractivity contribution in [3.8, 4) is 5.75 Å². The predicted molar refractivity (Wildman–Crippen MR) is 65.1 cm³/mol. The molecule has 1 fully saturated rings. The molecule has 1 saturated carbocycles. The molecule has 2 N–H and O–H groups in total. The molecule has 0 heterocycles. The first kappa shape index (κ1) is 11.3. The van der Waals surface area contributed by atoms with E-state index in [1.807, 2.05) is 0 Å². The third kappa shape index (κ3) is 2.92. The van der Waals surface area contributed by atoms with Crippen LogP contribution in [0.5, 0.6) is 5.75 Å². The predicted octanol–water partition coefficient (Wildman–Crippen LogP) is 2.64. The number of nitrogens with two attached hydrogens (primary N) is 1. The van der Waals surface area contributed by atoms with Crippen LogP contribution in [0, 0.1) is 11.7 Å². The van der Waals surface area contributed by atoms with Crippen molar-refractivity contribution in [2.75, 3.05) is 6.61 Å². The van der Waals surface area contributed by atoms with Gasteiger partial charge in [0.2, 0.25) is 0 Å². The molecule has 0 spiro atoms. The van der Waals surface area contributed by atoms with E-state index < -0.39 is 5.82 Å². The number of thiocarbonyl (C=S) groups is 1. The second kappa shape index (κ2) is 4.78. The van der Waals surface area contributed by atoms with Gasteiger partial charge in [0.25, 0.3) is 0 Å². The van der Waals surface area contributed by atoms with Crippen LogP contribution in [0.3, 0.4) is 0 Å². The van der Waals surface area contributed by atoms with Gasteiger partial charge in [-0.25, -0.2) is 4.39 Å². The topological polar surface area (TPSA) is 35.2 Å². The van der Waals surface area contributed by atoms with Gasteiger partial charge in [-0.15, -0.1) is 0 Å². The van der Waals surface area contributed by atoms with Gasteiger partial charge in [-0.2, -0.15) is 0 Å². The van der Waals surface area contributed by atoms with Crippen LogP contribution in [0.4, 0.5) is 4.39 Å². The fourth-order valence-electron chi connectivity index (χ4n) is 1.54. The average molecular weight is 239 g/mol. The van der Waals surface area contributed by atoms with Crippen molar-refractivity contribution in [2.24, 2.45) is 11.7 Å². The van der Waals surface area contributed by atoms with Gasteiger partial charge in [0.05, 0.1) is 6.61 Å². The summed E-state index contributed by atoms with van der Waals surface area (Å²) in [6, 6.07) is 4.59. The lowest BCUT2D eigenvalue weighted by Crippen LogP contribution is -2.11. The molecule has 1 aliphatic rings. The molecule has 1 aromatic carbocycles. The average Bonchev–Trinajstić information content (AvgIpc) is 3.01. The van der Waals surface area contributed by atoms with Crippen LogP contribution in [0.1, 0.15) is 24.8 Å². The number of hydrogen-bond donors (Lipinski definition) is 1. The Morgan fingerprint density at radius 1 is 1.50 bits per heavy atom. The van der Waals surface area contributed by atoms with Gasteiger partial charge in [-0.3, -0.25) is 0 Å². The minimum Gasteiger partial charge on any atom is -0.493 e. The Balaban J connectivity index is 1.93. The molecule has 0 aromatic heterocycles. The Bertz CT molecular complexity index is 404. The van der Waals surface area contributed by atoms with Crippen LogP contribution in [-0.2, 0) is 0 Å². The van der Waals surface area contributed by atoms with Crippen LogP contribution in [0.2, 0.25) is 0 Å². The molecule has 4 heteroatoms. The quantitative estimate of drug-likeness (QED) is 0.802. The Labute approximate surface area is 99.6 Å². The van der Waals surface area contributed by atoms with Gasteiger partial charge in [0.1, 0.15) is 16.6 Å². The van der Waals surface area contributed by atoms with Gasteiger partial charge in [0, 0.05) is 11.6 Å².